The molecule has 3 aliphatic rings. The maximum atomic E-state index is 13.1. The number of nitrogens with zero attached hydrogens (tertiary/aromatic N) is 1. The minimum atomic E-state index is -0.213. The Morgan fingerprint density at radius 1 is 1.07 bits per heavy atom. The monoisotopic (exact) mass is 403 g/mol. The molecule has 2 unspecified atom stereocenters. The van der Waals surface area contributed by atoms with Crippen molar-refractivity contribution in [2.45, 2.75) is 44.7 Å². The molecule has 2 heterocycles. The van der Waals surface area contributed by atoms with Gasteiger partial charge in [0.1, 0.15) is 6.61 Å². The highest BCUT2D eigenvalue weighted by Crippen LogP contribution is 2.44. The van der Waals surface area contributed by atoms with E-state index < -0.39 is 0 Å². The number of fused-ring (bicyclic) bond motifs is 5. The predicted molar refractivity (Wildman–Crippen MR) is 117 cm³/mol. The van der Waals surface area contributed by atoms with Crippen molar-refractivity contribution in [3.63, 3.8) is 0 Å². The Hall–Kier alpha value is -2.59. The Balaban J connectivity index is 1.33. The molecule has 0 saturated carbocycles. The van der Waals surface area contributed by atoms with Crippen LogP contribution < -0.4 is 0 Å². The van der Waals surface area contributed by atoms with Crippen molar-refractivity contribution in [3.8, 4) is 11.1 Å². The lowest BCUT2D eigenvalue weighted by atomic mass is 9.89. The average molecular weight is 404 g/mol. The first kappa shape index (κ1) is 19.4. The third kappa shape index (κ3) is 3.43. The molecular formula is C26H29NO3. The molecule has 0 N–H and O–H groups in total. The molecule has 2 bridgehead atoms. The van der Waals surface area contributed by atoms with E-state index in [1.807, 2.05) is 4.90 Å². The number of rotatable bonds is 4. The zero-order chi connectivity index (χ0) is 20.7. The van der Waals surface area contributed by atoms with Crippen molar-refractivity contribution in [3.05, 3.63) is 71.3 Å². The molecule has 30 heavy (non-hydrogen) atoms. The quantitative estimate of drug-likeness (QED) is 0.643. The minimum Gasteiger partial charge on any atom is -0.448 e. The van der Waals surface area contributed by atoms with Crippen LogP contribution in [0.2, 0.25) is 0 Å². The average Bonchev–Trinajstić information content (AvgIpc) is 3.05. The second-order valence-corrected chi connectivity index (χ2v) is 9.10. The summed E-state index contributed by atoms with van der Waals surface area (Å²) in [7, 11) is 0. The van der Waals surface area contributed by atoms with Crippen LogP contribution >= 0.6 is 0 Å². The summed E-state index contributed by atoms with van der Waals surface area (Å²) < 4.78 is 11.7. The summed E-state index contributed by atoms with van der Waals surface area (Å²) in [6.45, 7) is 6.00. The summed E-state index contributed by atoms with van der Waals surface area (Å²) >= 11 is 0. The van der Waals surface area contributed by atoms with Crippen LogP contribution in [0, 0.1) is 5.92 Å². The topological polar surface area (TPSA) is 38.8 Å². The number of carbonyl (C=O) groups is 1. The van der Waals surface area contributed by atoms with Crippen LogP contribution in [0.25, 0.3) is 11.1 Å². The van der Waals surface area contributed by atoms with Crippen LogP contribution in [0.1, 0.15) is 43.7 Å². The van der Waals surface area contributed by atoms with Gasteiger partial charge in [-0.15, -0.1) is 0 Å². The van der Waals surface area contributed by atoms with Crippen molar-refractivity contribution in [1.82, 2.24) is 4.90 Å². The third-order valence-corrected chi connectivity index (χ3v) is 6.49. The van der Waals surface area contributed by atoms with E-state index in [-0.39, 0.29) is 24.1 Å². The molecule has 2 atom stereocenters. The molecule has 5 rings (SSSR count). The van der Waals surface area contributed by atoms with Gasteiger partial charge in [-0.05, 0) is 41.0 Å². The van der Waals surface area contributed by atoms with E-state index in [4.69, 9.17) is 9.47 Å². The molecule has 1 saturated heterocycles. The summed E-state index contributed by atoms with van der Waals surface area (Å²) in [6, 6.07) is 16.9. The highest BCUT2D eigenvalue weighted by molar-refractivity contribution is 5.79. The van der Waals surface area contributed by atoms with Crippen molar-refractivity contribution < 1.29 is 14.3 Å². The van der Waals surface area contributed by atoms with Crippen LogP contribution in [0.4, 0.5) is 4.79 Å². The molecule has 1 aliphatic carbocycles. The summed E-state index contributed by atoms with van der Waals surface area (Å²) in [4.78, 5) is 15.1. The van der Waals surface area contributed by atoms with Gasteiger partial charge in [-0.3, -0.25) is 4.90 Å². The normalized spacial score (nSPS) is 22.5. The number of amides is 1. The Morgan fingerprint density at radius 3 is 2.37 bits per heavy atom. The standard InChI is InChI=1S/C26H29NO3/c1-17(2)11-18-12-19-14-29-15-20(13-18)27(19)26(28)30-16-25-23-9-5-3-7-21(23)22-8-4-6-10-24(22)25/h3-10,12,17,19-20,25H,11,13-16H2,1-2H3. The third-order valence-electron chi connectivity index (χ3n) is 6.49. The molecule has 2 aliphatic heterocycles. The van der Waals surface area contributed by atoms with Crippen molar-refractivity contribution >= 4 is 6.09 Å². The van der Waals surface area contributed by atoms with Crippen LogP contribution in [0.5, 0.6) is 0 Å². The van der Waals surface area contributed by atoms with Crippen LogP contribution in [-0.2, 0) is 9.47 Å². The fourth-order valence-electron chi connectivity index (χ4n) is 5.31. The van der Waals surface area contributed by atoms with Crippen molar-refractivity contribution in [1.29, 1.82) is 0 Å². The molecule has 0 aromatic heterocycles. The fraction of sp³-hybridized carbons (Fsp3) is 0.423. The molecular weight excluding hydrogens is 374 g/mol. The number of carbonyl (C=O) groups excluding carboxylic acids is 1. The van der Waals surface area contributed by atoms with E-state index in [2.05, 4.69) is 68.5 Å². The Bertz CT molecular complexity index is 934. The first-order valence-corrected chi connectivity index (χ1v) is 11.0. The first-order valence-electron chi connectivity index (χ1n) is 11.0. The molecule has 0 spiro atoms. The van der Waals surface area contributed by atoms with Gasteiger partial charge in [0.25, 0.3) is 0 Å². The largest absolute Gasteiger partial charge is 0.448 e. The van der Waals surface area contributed by atoms with Gasteiger partial charge in [0, 0.05) is 5.92 Å². The Kier molecular flexibility index (Phi) is 5.11. The summed E-state index contributed by atoms with van der Waals surface area (Å²) in [5.41, 5.74) is 6.43. The van der Waals surface area contributed by atoms with Gasteiger partial charge < -0.3 is 9.47 Å². The maximum Gasteiger partial charge on any atom is 0.410 e. The van der Waals surface area contributed by atoms with Crippen molar-refractivity contribution in [2.24, 2.45) is 5.92 Å². The minimum absolute atomic E-state index is 0.0121. The summed E-state index contributed by atoms with van der Waals surface area (Å²) in [5, 5.41) is 0. The maximum absolute atomic E-state index is 13.1. The fourth-order valence-corrected chi connectivity index (χ4v) is 5.31. The Morgan fingerprint density at radius 2 is 1.73 bits per heavy atom. The molecule has 4 nitrogen and oxygen atoms in total. The number of morpholine rings is 1. The molecule has 2 aromatic rings. The highest BCUT2D eigenvalue weighted by Gasteiger charge is 2.39. The number of hydrogen-bond acceptors (Lipinski definition) is 3. The van der Waals surface area contributed by atoms with E-state index >= 15 is 0 Å². The summed E-state index contributed by atoms with van der Waals surface area (Å²) in [6.07, 6.45) is 4.00. The SMILES string of the molecule is CC(C)CC1=CC2COCC(C1)N2C(=O)OCC1c2ccccc2-c2ccccc21. The van der Waals surface area contributed by atoms with Gasteiger partial charge >= 0.3 is 6.09 Å². The van der Waals surface area contributed by atoms with E-state index in [1.54, 1.807) is 0 Å². The van der Waals surface area contributed by atoms with Gasteiger partial charge in [-0.25, -0.2) is 4.79 Å². The van der Waals surface area contributed by atoms with Gasteiger partial charge in [0.2, 0.25) is 0 Å². The zero-order valence-electron chi connectivity index (χ0n) is 17.7. The molecule has 1 fully saturated rings. The second-order valence-electron chi connectivity index (χ2n) is 9.10. The molecule has 2 aromatic carbocycles. The second kappa shape index (κ2) is 7.92. The smallest absolute Gasteiger partial charge is 0.410 e. The first-order chi connectivity index (χ1) is 14.6. The number of ether oxygens (including phenoxy) is 2. The predicted octanol–water partition coefficient (Wildman–Crippen LogP) is 5.38. The molecule has 4 heteroatoms. The number of benzene rings is 2. The highest BCUT2D eigenvalue weighted by atomic mass is 16.6. The van der Waals surface area contributed by atoms with Crippen molar-refractivity contribution in [2.75, 3.05) is 19.8 Å². The van der Waals surface area contributed by atoms with Gasteiger partial charge in [-0.1, -0.05) is 74.0 Å². The molecule has 156 valence electrons. The van der Waals surface area contributed by atoms with E-state index in [1.165, 1.54) is 27.8 Å². The van der Waals surface area contributed by atoms with Gasteiger partial charge in [0.05, 0.1) is 25.3 Å². The lowest BCUT2D eigenvalue weighted by Crippen LogP contribution is -2.56. The van der Waals surface area contributed by atoms with E-state index in [0.29, 0.717) is 25.7 Å². The number of hydrogen-bond donors (Lipinski definition) is 0. The zero-order valence-corrected chi connectivity index (χ0v) is 17.7. The van der Waals surface area contributed by atoms with Crippen LogP contribution in [-0.4, -0.2) is 42.9 Å². The lowest BCUT2D eigenvalue weighted by Gasteiger charge is -2.44. The van der Waals surface area contributed by atoms with E-state index in [9.17, 15) is 4.79 Å². The van der Waals surface area contributed by atoms with Crippen LogP contribution in [0.3, 0.4) is 0 Å². The van der Waals surface area contributed by atoms with Gasteiger partial charge in [-0.2, -0.15) is 0 Å². The molecule has 1 amide bonds. The Labute approximate surface area is 178 Å². The lowest BCUT2D eigenvalue weighted by molar-refractivity contribution is -0.0366. The molecule has 0 radical (unpaired) electrons. The van der Waals surface area contributed by atoms with Gasteiger partial charge in [0.15, 0.2) is 0 Å². The van der Waals surface area contributed by atoms with E-state index in [0.717, 1.165) is 12.8 Å². The summed E-state index contributed by atoms with van der Waals surface area (Å²) in [5.74, 6) is 0.716. The van der Waals surface area contributed by atoms with Crippen LogP contribution in [0.15, 0.2) is 60.2 Å².